The Morgan fingerprint density at radius 2 is 1.56 bits per heavy atom. The third-order valence-corrected chi connectivity index (χ3v) is 2.58. The Balaban J connectivity index is 0.000000487. The van der Waals surface area contributed by atoms with Crippen LogP contribution in [0.15, 0.2) is 18.2 Å². The molecule has 0 bridgehead atoms. The number of aryl methyl sites for hydroxylation is 1. The summed E-state index contributed by atoms with van der Waals surface area (Å²) >= 11 is 0. The van der Waals surface area contributed by atoms with Gasteiger partial charge < -0.3 is 5.11 Å². The van der Waals surface area contributed by atoms with Gasteiger partial charge in [0.1, 0.15) is 5.75 Å². The Hall–Kier alpha value is -0.980. The maximum atomic E-state index is 9.46. The first-order valence-electron chi connectivity index (χ1n) is 6.13. The smallest absolute Gasteiger partial charge is 0.118 e. The fraction of sp³-hybridized carbons (Fsp3) is 0.600. The lowest BCUT2D eigenvalue weighted by Crippen LogP contribution is -2.10. The Morgan fingerprint density at radius 3 is 1.88 bits per heavy atom. The zero-order valence-corrected chi connectivity index (χ0v) is 11.6. The second-order valence-corrected chi connectivity index (χ2v) is 5.25. The minimum Gasteiger partial charge on any atom is -0.508 e. The van der Waals surface area contributed by atoms with Crippen LogP contribution in [0.3, 0.4) is 0 Å². The zero-order valence-electron chi connectivity index (χ0n) is 11.6. The molecule has 1 heteroatoms. The highest BCUT2D eigenvalue weighted by atomic mass is 16.3. The highest BCUT2D eigenvalue weighted by Crippen LogP contribution is 2.27. The molecule has 0 aliphatic rings. The van der Waals surface area contributed by atoms with Crippen molar-refractivity contribution in [1.29, 1.82) is 0 Å². The molecule has 0 aromatic heterocycles. The van der Waals surface area contributed by atoms with Crippen molar-refractivity contribution in [2.24, 2.45) is 0 Å². The molecule has 1 rings (SSSR count). The summed E-state index contributed by atoms with van der Waals surface area (Å²) < 4.78 is 0. The topological polar surface area (TPSA) is 20.2 Å². The van der Waals surface area contributed by atoms with E-state index in [-0.39, 0.29) is 5.41 Å². The third-order valence-electron chi connectivity index (χ3n) is 2.58. The Kier molecular flexibility index (Phi) is 6.17. The molecule has 0 unspecified atom stereocenters. The van der Waals surface area contributed by atoms with E-state index in [4.69, 9.17) is 0 Å². The van der Waals surface area contributed by atoms with E-state index in [0.29, 0.717) is 5.75 Å². The number of aromatic hydroxyl groups is 1. The summed E-state index contributed by atoms with van der Waals surface area (Å²) in [5.41, 5.74) is 2.22. The van der Waals surface area contributed by atoms with Gasteiger partial charge in [0.25, 0.3) is 0 Å². The molecule has 92 valence electrons. The van der Waals surface area contributed by atoms with Crippen LogP contribution in [-0.4, -0.2) is 5.11 Å². The second kappa shape index (κ2) is 6.57. The van der Waals surface area contributed by atoms with Crippen molar-refractivity contribution in [3.05, 3.63) is 29.3 Å². The van der Waals surface area contributed by atoms with Gasteiger partial charge in [-0.2, -0.15) is 0 Å². The van der Waals surface area contributed by atoms with E-state index < -0.39 is 0 Å². The van der Waals surface area contributed by atoms with Crippen molar-refractivity contribution >= 4 is 0 Å². The SMILES string of the molecule is CCCC.Cc1ccc(C(C)(C)C)cc1O. The summed E-state index contributed by atoms with van der Waals surface area (Å²) in [6.07, 6.45) is 2.64. The lowest BCUT2D eigenvalue weighted by atomic mass is 9.86. The molecule has 1 N–H and O–H groups in total. The van der Waals surface area contributed by atoms with Gasteiger partial charge in [0.2, 0.25) is 0 Å². The molecule has 0 atom stereocenters. The van der Waals surface area contributed by atoms with E-state index in [2.05, 4.69) is 40.7 Å². The average Bonchev–Trinajstić information content (AvgIpc) is 2.21. The maximum absolute atomic E-state index is 9.46. The number of hydrogen-bond donors (Lipinski definition) is 1. The van der Waals surface area contributed by atoms with Crippen LogP contribution in [0, 0.1) is 6.92 Å². The van der Waals surface area contributed by atoms with E-state index in [0.717, 1.165) is 5.56 Å². The van der Waals surface area contributed by atoms with Crippen molar-refractivity contribution in [1.82, 2.24) is 0 Å². The normalized spacial score (nSPS) is 10.6. The van der Waals surface area contributed by atoms with Crippen LogP contribution >= 0.6 is 0 Å². The predicted molar refractivity (Wildman–Crippen MR) is 72.1 cm³/mol. The fourth-order valence-electron chi connectivity index (χ4n) is 1.08. The van der Waals surface area contributed by atoms with E-state index in [1.165, 1.54) is 18.4 Å². The van der Waals surface area contributed by atoms with Crippen LogP contribution in [-0.2, 0) is 5.41 Å². The number of unbranched alkanes of at least 4 members (excludes halogenated alkanes) is 1. The standard InChI is InChI=1S/C11H16O.C4H10/c1-8-5-6-9(7-10(8)12)11(2,3)4;1-3-4-2/h5-7,12H,1-4H3;3-4H2,1-2H3. The first kappa shape index (κ1) is 15.0. The molecule has 0 fully saturated rings. The fourth-order valence-corrected chi connectivity index (χ4v) is 1.08. The minimum atomic E-state index is 0.116. The maximum Gasteiger partial charge on any atom is 0.118 e. The summed E-state index contributed by atoms with van der Waals surface area (Å²) in [6.45, 7) is 12.7. The lowest BCUT2D eigenvalue weighted by Gasteiger charge is -2.19. The zero-order chi connectivity index (χ0) is 12.8. The third kappa shape index (κ3) is 5.20. The van der Waals surface area contributed by atoms with Gasteiger partial charge in [-0.05, 0) is 29.5 Å². The highest BCUT2D eigenvalue weighted by Gasteiger charge is 2.13. The first-order chi connectivity index (χ1) is 7.32. The number of phenolic OH excluding ortho intramolecular Hbond substituents is 1. The number of hydrogen-bond acceptors (Lipinski definition) is 1. The molecule has 16 heavy (non-hydrogen) atoms. The summed E-state index contributed by atoms with van der Waals surface area (Å²) in [5, 5.41) is 9.46. The molecular weight excluding hydrogens is 196 g/mol. The van der Waals surface area contributed by atoms with Crippen LogP contribution in [0.4, 0.5) is 0 Å². The molecule has 0 saturated heterocycles. The summed E-state index contributed by atoms with van der Waals surface area (Å²) in [4.78, 5) is 0. The van der Waals surface area contributed by atoms with Crippen LogP contribution in [0.2, 0.25) is 0 Å². The molecule has 0 aliphatic heterocycles. The van der Waals surface area contributed by atoms with Crippen LogP contribution in [0.1, 0.15) is 58.6 Å². The quantitative estimate of drug-likeness (QED) is 0.723. The van der Waals surface area contributed by atoms with Crippen molar-refractivity contribution in [2.75, 3.05) is 0 Å². The largest absolute Gasteiger partial charge is 0.508 e. The molecule has 0 saturated carbocycles. The Bertz CT molecular complexity index is 306. The molecule has 0 radical (unpaired) electrons. The molecule has 0 heterocycles. The van der Waals surface area contributed by atoms with Gasteiger partial charge in [0.05, 0.1) is 0 Å². The molecule has 0 amide bonds. The van der Waals surface area contributed by atoms with Crippen molar-refractivity contribution in [3.8, 4) is 5.75 Å². The summed E-state index contributed by atoms with van der Waals surface area (Å²) in [7, 11) is 0. The number of benzene rings is 1. The monoisotopic (exact) mass is 222 g/mol. The van der Waals surface area contributed by atoms with Gasteiger partial charge >= 0.3 is 0 Å². The molecule has 0 spiro atoms. The van der Waals surface area contributed by atoms with Crippen molar-refractivity contribution in [2.45, 2.75) is 59.8 Å². The predicted octanol–water partition coefficient (Wildman–Crippen LogP) is 4.80. The van der Waals surface area contributed by atoms with Gasteiger partial charge in [-0.25, -0.2) is 0 Å². The summed E-state index contributed by atoms with van der Waals surface area (Å²) in [6, 6.07) is 5.86. The van der Waals surface area contributed by atoms with Gasteiger partial charge in [0.15, 0.2) is 0 Å². The van der Waals surface area contributed by atoms with Gasteiger partial charge in [-0.1, -0.05) is 59.6 Å². The Morgan fingerprint density at radius 1 is 1.06 bits per heavy atom. The Labute approximate surface area is 101 Å². The molecule has 0 aliphatic carbocycles. The second-order valence-electron chi connectivity index (χ2n) is 5.25. The first-order valence-corrected chi connectivity index (χ1v) is 6.13. The molecular formula is C15H26O. The molecule has 1 aromatic rings. The van der Waals surface area contributed by atoms with Crippen molar-refractivity contribution < 1.29 is 5.11 Å². The molecule has 1 nitrogen and oxygen atoms in total. The van der Waals surface area contributed by atoms with Crippen molar-refractivity contribution in [3.63, 3.8) is 0 Å². The van der Waals surface area contributed by atoms with E-state index >= 15 is 0 Å². The van der Waals surface area contributed by atoms with E-state index in [1.54, 1.807) is 0 Å². The van der Waals surface area contributed by atoms with E-state index in [9.17, 15) is 5.11 Å². The summed E-state index contributed by atoms with van der Waals surface area (Å²) in [5.74, 6) is 0.391. The highest BCUT2D eigenvalue weighted by molar-refractivity contribution is 5.37. The van der Waals surface area contributed by atoms with Crippen LogP contribution in [0.5, 0.6) is 5.75 Å². The lowest BCUT2D eigenvalue weighted by molar-refractivity contribution is 0.467. The van der Waals surface area contributed by atoms with Gasteiger partial charge in [0, 0.05) is 0 Å². The number of rotatable bonds is 1. The average molecular weight is 222 g/mol. The van der Waals surface area contributed by atoms with Crippen LogP contribution < -0.4 is 0 Å². The number of phenols is 1. The van der Waals surface area contributed by atoms with E-state index in [1.807, 2.05) is 19.1 Å². The van der Waals surface area contributed by atoms with Gasteiger partial charge in [-0.3, -0.25) is 0 Å². The minimum absolute atomic E-state index is 0.116. The van der Waals surface area contributed by atoms with Gasteiger partial charge in [-0.15, -0.1) is 0 Å². The molecule has 1 aromatic carbocycles. The van der Waals surface area contributed by atoms with Crippen LogP contribution in [0.25, 0.3) is 0 Å².